The summed E-state index contributed by atoms with van der Waals surface area (Å²) in [5.41, 5.74) is 0.863. The minimum absolute atomic E-state index is 0.0722. The van der Waals surface area contributed by atoms with E-state index in [1.54, 1.807) is 16.4 Å². The Balaban J connectivity index is 1.63. The molecule has 27 heavy (non-hydrogen) atoms. The highest BCUT2D eigenvalue weighted by molar-refractivity contribution is 7.89. The average molecular weight is 388 g/mol. The highest BCUT2D eigenvalue weighted by Crippen LogP contribution is 2.28. The van der Waals surface area contributed by atoms with Crippen LogP contribution in [0.4, 0.5) is 5.82 Å². The van der Waals surface area contributed by atoms with Gasteiger partial charge in [-0.3, -0.25) is 0 Å². The Kier molecular flexibility index (Phi) is 5.37. The molecular weight excluding hydrogens is 358 g/mol. The number of pyridine rings is 1. The summed E-state index contributed by atoms with van der Waals surface area (Å²) in [6.07, 6.45) is 8.00. The molecule has 1 aromatic heterocycles. The van der Waals surface area contributed by atoms with Gasteiger partial charge in [0.15, 0.2) is 0 Å². The lowest BCUT2D eigenvalue weighted by atomic mass is 10.1. The third-order valence-corrected chi connectivity index (χ3v) is 7.93. The van der Waals surface area contributed by atoms with Crippen LogP contribution in [-0.2, 0) is 10.0 Å². The number of benzene rings is 1. The van der Waals surface area contributed by atoms with Gasteiger partial charge in [0.25, 0.3) is 0 Å². The first-order chi connectivity index (χ1) is 13.1. The largest absolute Gasteiger partial charge is 0.357 e. The van der Waals surface area contributed by atoms with E-state index in [-0.39, 0.29) is 6.04 Å². The smallest absolute Gasteiger partial charge is 0.243 e. The molecule has 0 unspecified atom stereocenters. The molecule has 2 aliphatic rings. The maximum Gasteiger partial charge on any atom is 0.243 e. The number of hydrogen-bond donors (Lipinski definition) is 0. The zero-order valence-electron chi connectivity index (χ0n) is 16.1. The molecule has 2 saturated heterocycles. The maximum atomic E-state index is 13.1. The van der Waals surface area contributed by atoms with Crippen LogP contribution in [-0.4, -0.2) is 43.4 Å². The maximum absolute atomic E-state index is 13.1. The fourth-order valence-electron chi connectivity index (χ4n) is 4.29. The lowest BCUT2D eigenvalue weighted by molar-refractivity contribution is 0.268. The van der Waals surface area contributed by atoms with E-state index in [9.17, 15) is 8.42 Å². The molecule has 0 bridgehead atoms. The Labute approximate surface area is 162 Å². The number of sulfonamides is 1. The van der Waals surface area contributed by atoms with E-state index in [1.807, 2.05) is 25.1 Å². The Hall–Kier alpha value is -1.66. The summed E-state index contributed by atoms with van der Waals surface area (Å²) < 4.78 is 27.8. The molecule has 146 valence electrons. The van der Waals surface area contributed by atoms with Crippen molar-refractivity contribution in [2.45, 2.75) is 62.8 Å². The van der Waals surface area contributed by atoms with Crippen LogP contribution in [0, 0.1) is 0 Å². The second-order valence-electron chi connectivity index (χ2n) is 7.89. The van der Waals surface area contributed by atoms with E-state index in [1.165, 1.54) is 25.7 Å². The van der Waals surface area contributed by atoms with Crippen LogP contribution < -0.4 is 4.90 Å². The molecule has 5 nitrogen and oxygen atoms in total. The molecule has 3 heterocycles. The van der Waals surface area contributed by atoms with Crippen molar-refractivity contribution in [1.29, 1.82) is 0 Å². The molecule has 6 heteroatoms. The topological polar surface area (TPSA) is 53.5 Å². The summed E-state index contributed by atoms with van der Waals surface area (Å²) in [6, 6.07) is 9.49. The van der Waals surface area contributed by atoms with Gasteiger partial charge in [0.05, 0.1) is 10.4 Å². The van der Waals surface area contributed by atoms with Gasteiger partial charge >= 0.3 is 0 Å². The third-order valence-electron chi connectivity index (χ3n) is 5.92. The van der Waals surface area contributed by atoms with E-state index in [4.69, 9.17) is 4.98 Å². The minimum Gasteiger partial charge on any atom is -0.357 e. The van der Waals surface area contributed by atoms with Gasteiger partial charge in [-0.1, -0.05) is 19.3 Å². The van der Waals surface area contributed by atoms with Gasteiger partial charge in [-0.15, -0.1) is 0 Å². The van der Waals surface area contributed by atoms with Gasteiger partial charge in [0, 0.05) is 31.1 Å². The van der Waals surface area contributed by atoms with Crippen molar-refractivity contribution in [1.82, 2.24) is 9.29 Å². The molecule has 0 N–H and O–H groups in total. The van der Waals surface area contributed by atoms with Crippen molar-refractivity contribution in [3.05, 3.63) is 30.3 Å². The van der Waals surface area contributed by atoms with Crippen molar-refractivity contribution in [3.63, 3.8) is 0 Å². The number of nitrogens with zero attached hydrogens (tertiary/aromatic N) is 3. The number of fused-ring (bicyclic) bond motifs is 1. The SMILES string of the molecule is C[C@@H]1CCCCN1S(=O)(=O)c1ccc2nc(N3CCCCCC3)ccc2c1. The summed E-state index contributed by atoms with van der Waals surface area (Å²) in [4.78, 5) is 7.54. The molecule has 2 aliphatic heterocycles. The summed E-state index contributed by atoms with van der Waals surface area (Å²) in [5.74, 6) is 1.00. The van der Waals surface area contributed by atoms with Gasteiger partial charge in [-0.25, -0.2) is 13.4 Å². The number of rotatable bonds is 3. The zero-order valence-corrected chi connectivity index (χ0v) is 16.9. The standard InChI is InChI=1S/C21H29N3O2S/c1-17-8-4-7-15-24(17)27(25,26)19-10-11-20-18(16-19)9-12-21(22-20)23-13-5-2-3-6-14-23/h9-12,16-17H,2-8,13-15H2,1H3/t17-/m1/s1. The molecule has 1 aromatic carbocycles. The predicted molar refractivity (Wildman–Crippen MR) is 110 cm³/mol. The summed E-state index contributed by atoms with van der Waals surface area (Å²) in [7, 11) is -3.44. The van der Waals surface area contributed by atoms with E-state index in [2.05, 4.69) is 4.90 Å². The highest BCUT2D eigenvalue weighted by atomic mass is 32.2. The normalized spacial score (nSPS) is 22.7. The third kappa shape index (κ3) is 3.83. The fraction of sp³-hybridized carbons (Fsp3) is 0.571. The first-order valence-electron chi connectivity index (χ1n) is 10.2. The monoisotopic (exact) mass is 387 g/mol. The second kappa shape index (κ2) is 7.76. The molecule has 0 spiro atoms. The van der Waals surface area contributed by atoms with Gasteiger partial charge in [-0.2, -0.15) is 4.31 Å². The molecule has 2 fully saturated rings. The van der Waals surface area contributed by atoms with Crippen LogP contribution in [0.3, 0.4) is 0 Å². The lowest BCUT2D eigenvalue weighted by Gasteiger charge is -2.32. The molecule has 2 aromatic rings. The number of aromatic nitrogens is 1. The van der Waals surface area contributed by atoms with Crippen LogP contribution in [0.5, 0.6) is 0 Å². The first kappa shape index (κ1) is 18.7. The van der Waals surface area contributed by atoms with Crippen LogP contribution in [0.2, 0.25) is 0 Å². The van der Waals surface area contributed by atoms with Crippen molar-refractivity contribution >= 4 is 26.7 Å². The van der Waals surface area contributed by atoms with Crippen LogP contribution >= 0.6 is 0 Å². The quantitative estimate of drug-likeness (QED) is 0.793. The van der Waals surface area contributed by atoms with Crippen LogP contribution in [0.15, 0.2) is 35.2 Å². The number of anilines is 1. The minimum atomic E-state index is -3.44. The number of hydrogen-bond acceptors (Lipinski definition) is 4. The highest BCUT2D eigenvalue weighted by Gasteiger charge is 2.31. The summed E-state index contributed by atoms with van der Waals surface area (Å²) in [6.45, 7) is 4.73. The zero-order chi connectivity index (χ0) is 18.9. The van der Waals surface area contributed by atoms with Crippen molar-refractivity contribution in [2.24, 2.45) is 0 Å². The lowest BCUT2D eigenvalue weighted by Crippen LogP contribution is -2.41. The Bertz CT molecular complexity index is 905. The number of piperidine rings is 1. The van der Waals surface area contributed by atoms with Gasteiger partial charge in [0.2, 0.25) is 10.0 Å². The van der Waals surface area contributed by atoms with Crippen molar-refractivity contribution in [3.8, 4) is 0 Å². The van der Waals surface area contributed by atoms with E-state index in [0.29, 0.717) is 11.4 Å². The molecule has 0 saturated carbocycles. The Morgan fingerprint density at radius 1 is 0.926 bits per heavy atom. The second-order valence-corrected chi connectivity index (χ2v) is 9.78. The van der Waals surface area contributed by atoms with E-state index < -0.39 is 10.0 Å². The first-order valence-corrected chi connectivity index (χ1v) is 11.7. The molecule has 4 rings (SSSR count). The summed E-state index contributed by atoms with van der Waals surface area (Å²) >= 11 is 0. The van der Waals surface area contributed by atoms with E-state index >= 15 is 0 Å². The molecule has 0 aliphatic carbocycles. The molecule has 0 radical (unpaired) electrons. The van der Waals surface area contributed by atoms with Gasteiger partial charge in [0.1, 0.15) is 5.82 Å². The molecule has 1 atom stereocenters. The predicted octanol–water partition coefficient (Wildman–Crippen LogP) is 4.18. The molecular formula is C21H29N3O2S. The Morgan fingerprint density at radius 3 is 2.41 bits per heavy atom. The van der Waals surface area contributed by atoms with Crippen LogP contribution in [0.1, 0.15) is 51.9 Å². The Morgan fingerprint density at radius 2 is 1.67 bits per heavy atom. The fourth-order valence-corrected chi connectivity index (χ4v) is 6.03. The average Bonchev–Trinajstić information content (AvgIpc) is 2.97. The van der Waals surface area contributed by atoms with Crippen molar-refractivity contribution in [2.75, 3.05) is 24.5 Å². The molecule has 0 amide bonds. The van der Waals surface area contributed by atoms with Gasteiger partial charge < -0.3 is 4.90 Å². The van der Waals surface area contributed by atoms with Gasteiger partial charge in [-0.05, 0) is 62.9 Å². The van der Waals surface area contributed by atoms with Crippen LogP contribution in [0.25, 0.3) is 10.9 Å². The van der Waals surface area contributed by atoms with E-state index in [0.717, 1.165) is 49.1 Å². The van der Waals surface area contributed by atoms with Crippen molar-refractivity contribution < 1.29 is 8.42 Å². The summed E-state index contributed by atoms with van der Waals surface area (Å²) in [5, 5.41) is 0.888.